The molecule has 28 heavy (non-hydrogen) atoms. The normalized spacial score (nSPS) is 14.7. The van der Waals surface area contributed by atoms with Crippen LogP contribution in [0.4, 0.5) is 24.5 Å². The predicted octanol–water partition coefficient (Wildman–Crippen LogP) is 4.80. The maximum absolute atomic E-state index is 13.0. The molecule has 146 valence electrons. The molecule has 3 rings (SSSR count). The molecule has 0 spiro atoms. The Balaban J connectivity index is 2.00. The van der Waals surface area contributed by atoms with Crippen LogP contribution < -0.4 is 15.0 Å². The Morgan fingerprint density at radius 2 is 1.71 bits per heavy atom. The first-order chi connectivity index (χ1) is 13.1. The zero-order valence-electron chi connectivity index (χ0n) is 14.1. The third-order valence-electron chi connectivity index (χ3n) is 3.91. The number of para-hydroxylation sites is 2. The van der Waals surface area contributed by atoms with Crippen LogP contribution in [0.1, 0.15) is 5.56 Å². The number of rotatable bonds is 4. The van der Waals surface area contributed by atoms with Gasteiger partial charge in [-0.15, -0.1) is 0 Å². The van der Waals surface area contributed by atoms with Crippen molar-refractivity contribution in [1.29, 1.82) is 0 Å². The van der Waals surface area contributed by atoms with Crippen molar-refractivity contribution in [3.8, 4) is 5.75 Å². The lowest BCUT2D eigenvalue weighted by Gasteiger charge is -2.18. The summed E-state index contributed by atoms with van der Waals surface area (Å²) in [6.45, 7) is 0. The molecule has 1 aliphatic rings. The van der Waals surface area contributed by atoms with Crippen LogP contribution in [-0.2, 0) is 15.8 Å². The van der Waals surface area contributed by atoms with Gasteiger partial charge in [-0.1, -0.05) is 35.3 Å². The number of carbonyl (C=O) groups is 2. The number of carbonyl (C=O) groups excluding carboxylic acids is 2. The zero-order valence-corrected chi connectivity index (χ0v) is 15.6. The van der Waals surface area contributed by atoms with Gasteiger partial charge in [0, 0.05) is 0 Å². The van der Waals surface area contributed by atoms with Crippen molar-refractivity contribution in [3.05, 3.63) is 63.8 Å². The molecule has 2 aromatic rings. The van der Waals surface area contributed by atoms with E-state index < -0.39 is 34.3 Å². The molecule has 0 unspecified atom stereocenters. The number of amides is 2. The van der Waals surface area contributed by atoms with Crippen LogP contribution in [0.5, 0.6) is 5.75 Å². The van der Waals surface area contributed by atoms with E-state index in [1.807, 2.05) is 0 Å². The Hall–Kier alpha value is -2.71. The van der Waals surface area contributed by atoms with E-state index in [1.165, 1.54) is 7.11 Å². The van der Waals surface area contributed by atoms with Crippen molar-refractivity contribution in [2.75, 3.05) is 17.3 Å². The smallest absolute Gasteiger partial charge is 0.416 e. The van der Waals surface area contributed by atoms with Crippen molar-refractivity contribution >= 4 is 46.4 Å². The molecular formula is C18H11Cl2F3N2O3. The first kappa shape index (κ1) is 20.0. The molecule has 10 heteroatoms. The number of hydrogen-bond acceptors (Lipinski definition) is 4. The third kappa shape index (κ3) is 3.53. The van der Waals surface area contributed by atoms with Crippen LogP contribution in [0.25, 0.3) is 0 Å². The van der Waals surface area contributed by atoms with Crippen molar-refractivity contribution in [3.63, 3.8) is 0 Å². The molecule has 2 amide bonds. The highest BCUT2D eigenvalue weighted by atomic mass is 35.5. The Labute approximate surface area is 167 Å². The highest BCUT2D eigenvalue weighted by Gasteiger charge is 2.41. The van der Waals surface area contributed by atoms with Gasteiger partial charge in [-0.2, -0.15) is 13.2 Å². The summed E-state index contributed by atoms with van der Waals surface area (Å²) in [7, 11) is 1.41. The van der Waals surface area contributed by atoms with Crippen LogP contribution >= 0.6 is 23.2 Å². The quantitative estimate of drug-likeness (QED) is 0.707. The number of halogens is 5. The Kier molecular flexibility index (Phi) is 5.27. The third-order valence-corrected chi connectivity index (χ3v) is 4.58. The summed E-state index contributed by atoms with van der Waals surface area (Å²) in [5, 5.41) is 2.01. The van der Waals surface area contributed by atoms with Gasteiger partial charge in [0.1, 0.15) is 16.5 Å². The lowest BCUT2D eigenvalue weighted by atomic mass is 10.2. The second-order valence-corrected chi connectivity index (χ2v) is 6.41. The minimum absolute atomic E-state index is 0.210. The molecule has 0 bridgehead atoms. The van der Waals surface area contributed by atoms with Gasteiger partial charge < -0.3 is 10.1 Å². The number of imide groups is 1. The molecule has 1 N–H and O–H groups in total. The van der Waals surface area contributed by atoms with Crippen LogP contribution in [0.15, 0.2) is 53.2 Å². The number of benzene rings is 2. The summed E-state index contributed by atoms with van der Waals surface area (Å²) in [4.78, 5) is 25.7. The molecule has 2 aromatic carbocycles. The van der Waals surface area contributed by atoms with Gasteiger partial charge >= 0.3 is 6.18 Å². The minimum atomic E-state index is -4.68. The summed E-state index contributed by atoms with van der Waals surface area (Å²) < 4.78 is 44.2. The topological polar surface area (TPSA) is 58.6 Å². The molecule has 1 aliphatic heterocycles. The molecule has 5 nitrogen and oxygen atoms in total. The summed E-state index contributed by atoms with van der Waals surface area (Å²) in [5.74, 6) is -1.57. The van der Waals surface area contributed by atoms with Gasteiger partial charge in [0.25, 0.3) is 11.8 Å². The molecule has 1 heterocycles. The Bertz CT molecular complexity index is 1010. The van der Waals surface area contributed by atoms with E-state index >= 15 is 0 Å². The molecule has 0 saturated carbocycles. The fourth-order valence-corrected chi connectivity index (χ4v) is 2.99. The highest BCUT2D eigenvalue weighted by Crippen LogP contribution is 2.39. The number of alkyl halides is 3. The largest absolute Gasteiger partial charge is 0.495 e. The molecule has 0 radical (unpaired) electrons. The van der Waals surface area contributed by atoms with E-state index in [0.29, 0.717) is 22.4 Å². The summed E-state index contributed by atoms with van der Waals surface area (Å²) in [5.41, 5.74) is -1.43. The summed E-state index contributed by atoms with van der Waals surface area (Å²) in [6.07, 6.45) is -4.68. The molecule has 0 aliphatic carbocycles. The number of nitrogens with one attached hydrogen (secondary N) is 1. The number of anilines is 2. The average molecular weight is 431 g/mol. The molecule has 0 saturated heterocycles. The van der Waals surface area contributed by atoms with E-state index in [-0.39, 0.29) is 10.7 Å². The first-order valence-corrected chi connectivity index (χ1v) is 8.46. The lowest BCUT2D eigenvalue weighted by molar-refractivity contribution is -0.137. The summed E-state index contributed by atoms with van der Waals surface area (Å²) >= 11 is 11.9. The minimum Gasteiger partial charge on any atom is -0.495 e. The van der Waals surface area contributed by atoms with Crippen LogP contribution in [-0.4, -0.2) is 18.9 Å². The van der Waals surface area contributed by atoms with Gasteiger partial charge in [0.05, 0.1) is 29.1 Å². The molecule has 0 aromatic heterocycles. The SMILES string of the molecule is COc1ccccc1NC1=C(Cl)C(=O)N(c2cc(C(F)(F)F)ccc2Cl)C1=O. The van der Waals surface area contributed by atoms with E-state index in [2.05, 4.69) is 5.32 Å². The Morgan fingerprint density at radius 3 is 2.36 bits per heavy atom. The highest BCUT2D eigenvalue weighted by molar-refractivity contribution is 6.53. The van der Waals surface area contributed by atoms with Gasteiger partial charge in [-0.25, -0.2) is 4.90 Å². The van der Waals surface area contributed by atoms with Crippen molar-refractivity contribution in [1.82, 2.24) is 0 Å². The van der Waals surface area contributed by atoms with Gasteiger partial charge in [-0.05, 0) is 30.3 Å². The van der Waals surface area contributed by atoms with Crippen molar-refractivity contribution < 1.29 is 27.5 Å². The summed E-state index contributed by atoms with van der Waals surface area (Å²) in [6, 6.07) is 8.86. The number of hydrogen-bond donors (Lipinski definition) is 1. The van der Waals surface area contributed by atoms with Crippen LogP contribution in [0, 0.1) is 0 Å². The lowest BCUT2D eigenvalue weighted by Crippen LogP contribution is -2.32. The monoisotopic (exact) mass is 430 g/mol. The predicted molar refractivity (Wildman–Crippen MR) is 98.4 cm³/mol. The number of nitrogens with zero attached hydrogens (tertiary/aromatic N) is 1. The van der Waals surface area contributed by atoms with E-state index in [1.54, 1.807) is 24.3 Å². The van der Waals surface area contributed by atoms with E-state index in [0.717, 1.165) is 12.1 Å². The van der Waals surface area contributed by atoms with Gasteiger partial charge in [-0.3, -0.25) is 9.59 Å². The average Bonchev–Trinajstić information content (AvgIpc) is 2.85. The van der Waals surface area contributed by atoms with Crippen molar-refractivity contribution in [2.24, 2.45) is 0 Å². The maximum Gasteiger partial charge on any atom is 0.416 e. The van der Waals surface area contributed by atoms with E-state index in [9.17, 15) is 22.8 Å². The Morgan fingerprint density at radius 1 is 1.04 bits per heavy atom. The standard InChI is InChI=1S/C18H11Cl2F3N2O3/c1-28-13-5-3-2-4-11(13)24-15-14(20)16(26)25(17(15)27)12-8-9(18(21,22)23)6-7-10(12)19/h2-8,24H,1H3. The fourth-order valence-electron chi connectivity index (χ4n) is 2.57. The van der Waals surface area contributed by atoms with Crippen LogP contribution in [0.3, 0.4) is 0 Å². The number of ether oxygens (including phenoxy) is 1. The van der Waals surface area contributed by atoms with E-state index in [4.69, 9.17) is 27.9 Å². The molecule has 0 fully saturated rings. The number of methoxy groups -OCH3 is 1. The first-order valence-electron chi connectivity index (χ1n) is 7.70. The second-order valence-electron chi connectivity index (χ2n) is 5.62. The van der Waals surface area contributed by atoms with Gasteiger partial charge in [0.2, 0.25) is 0 Å². The molecule has 0 atom stereocenters. The fraction of sp³-hybridized carbons (Fsp3) is 0.111. The second kappa shape index (κ2) is 7.37. The zero-order chi connectivity index (χ0) is 20.6. The molecular weight excluding hydrogens is 420 g/mol. The maximum atomic E-state index is 13.0. The van der Waals surface area contributed by atoms with Crippen LogP contribution in [0.2, 0.25) is 5.02 Å². The van der Waals surface area contributed by atoms with Gasteiger partial charge in [0.15, 0.2) is 0 Å². The van der Waals surface area contributed by atoms with Crippen molar-refractivity contribution in [2.45, 2.75) is 6.18 Å².